The van der Waals surface area contributed by atoms with Crippen LogP contribution in [0.3, 0.4) is 0 Å². The highest BCUT2D eigenvalue weighted by Crippen LogP contribution is 1.93. The minimum Gasteiger partial charge on any atom is -0.264 e. The average molecular weight is 145 g/mol. The lowest BCUT2D eigenvalue weighted by atomic mass is 10.2. The van der Waals surface area contributed by atoms with E-state index in [4.69, 9.17) is 0 Å². The van der Waals surface area contributed by atoms with Crippen LogP contribution in [0.1, 0.15) is 12.5 Å². The van der Waals surface area contributed by atoms with E-state index in [2.05, 4.69) is 4.99 Å². The maximum absolute atomic E-state index is 4.05. The molecule has 11 heavy (non-hydrogen) atoms. The highest BCUT2D eigenvalue weighted by Gasteiger charge is 1.79. The van der Waals surface area contributed by atoms with Crippen LogP contribution in [0.25, 0.3) is 0 Å². The quantitative estimate of drug-likeness (QED) is 0.567. The zero-order valence-corrected chi connectivity index (χ0v) is 6.57. The molecule has 0 saturated heterocycles. The Morgan fingerprint density at radius 3 is 2.55 bits per heavy atom. The number of benzene rings is 1. The van der Waals surface area contributed by atoms with Crippen molar-refractivity contribution >= 4 is 6.21 Å². The van der Waals surface area contributed by atoms with E-state index in [0.717, 1.165) is 5.56 Å². The van der Waals surface area contributed by atoms with Gasteiger partial charge in [-0.05, 0) is 12.5 Å². The molecule has 0 radical (unpaired) electrons. The molecule has 0 aliphatic heterocycles. The normalized spacial score (nSPS) is 11.4. The molecule has 0 atom stereocenters. The number of nitrogens with zero attached hydrogens (tertiary/aromatic N) is 1. The summed E-state index contributed by atoms with van der Waals surface area (Å²) in [4.78, 5) is 4.05. The van der Waals surface area contributed by atoms with E-state index in [1.165, 1.54) is 0 Å². The van der Waals surface area contributed by atoms with Crippen LogP contribution < -0.4 is 0 Å². The van der Waals surface area contributed by atoms with Crippen molar-refractivity contribution in [2.75, 3.05) is 0 Å². The molecule has 0 amide bonds. The summed E-state index contributed by atoms with van der Waals surface area (Å²) in [6, 6.07) is 10.0. The fourth-order valence-electron chi connectivity index (χ4n) is 0.754. The Labute approximate surface area is 67.1 Å². The van der Waals surface area contributed by atoms with Gasteiger partial charge >= 0.3 is 0 Å². The molecular formula is C10H11N. The van der Waals surface area contributed by atoms with Gasteiger partial charge in [-0.1, -0.05) is 36.4 Å². The van der Waals surface area contributed by atoms with Gasteiger partial charge in [-0.25, -0.2) is 0 Å². The molecular weight excluding hydrogens is 134 g/mol. The van der Waals surface area contributed by atoms with E-state index >= 15 is 0 Å². The first-order valence-electron chi connectivity index (χ1n) is 3.63. The van der Waals surface area contributed by atoms with E-state index < -0.39 is 0 Å². The van der Waals surface area contributed by atoms with Crippen LogP contribution in [0.5, 0.6) is 0 Å². The molecule has 0 heterocycles. The minimum atomic E-state index is 1.13. The smallest absolute Gasteiger partial charge is 0.0340 e. The van der Waals surface area contributed by atoms with Crippen LogP contribution in [0.2, 0.25) is 0 Å². The van der Waals surface area contributed by atoms with Crippen molar-refractivity contribution < 1.29 is 0 Å². The number of aliphatic imine (C=N–C) groups is 1. The topological polar surface area (TPSA) is 12.4 Å². The number of allylic oxidation sites excluding steroid dienone is 1. The molecule has 0 spiro atoms. The molecule has 0 unspecified atom stereocenters. The van der Waals surface area contributed by atoms with Crippen molar-refractivity contribution in [3.05, 3.63) is 48.2 Å². The van der Waals surface area contributed by atoms with Gasteiger partial charge in [-0.2, -0.15) is 0 Å². The second-order valence-electron chi connectivity index (χ2n) is 2.17. The van der Waals surface area contributed by atoms with Crippen molar-refractivity contribution in [3.8, 4) is 0 Å². The predicted octanol–water partition coefficient (Wildman–Crippen LogP) is 2.64. The Morgan fingerprint density at radius 1 is 1.18 bits per heavy atom. The standard InChI is InChI=1S/C10H11N/c1-2-8-11-9-10-6-4-3-5-7-10/h2-9H,1H3/b8-2+,11-9?. The number of hydrogen-bond acceptors (Lipinski definition) is 1. The molecule has 0 aromatic heterocycles. The van der Waals surface area contributed by atoms with E-state index in [0.29, 0.717) is 0 Å². The van der Waals surface area contributed by atoms with Gasteiger partial charge in [0, 0.05) is 12.4 Å². The fraction of sp³-hybridized carbons (Fsp3) is 0.100. The number of rotatable bonds is 2. The summed E-state index contributed by atoms with van der Waals surface area (Å²) in [7, 11) is 0. The van der Waals surface area contributed by atoms with Gasteiger partial charge in [-0.3, -0.25) is 4.99 Å². The lowest BCUT2D eigenvalue weighted by Gasteiger charge is -1.86. The van der Waals surface area contributed by atoms with E-state index in [-0.39, 0.29) is 0 Å². The van der Waals surface area contributed by atoms with Gasteiger partial charge in [0.2, 0.25) is 0 Å². The second-order valence-corrected chi connectivity index (χ2v) is 2.17. The van der Waals surface area contributed by atoms with Crippen molar-refractivity contribution in [2.24, 2.45) is 4.99 Å². The van der Waals surface area contributed by atoms with Crippen LogP contribution >= 0.6 is 0 Å². The Morgan fingerprint density at radius 2 is 1.91 bits per heavy atom. The molecule has 0 aliphatic carbocycles. The van der Waals surface area contributed by atoms with Crippen LogP contribution in [-0.4, -0.2) is 6.21 Å². The summed E-state index contributed by atoms with van der Waals surface area (Å²) in [6.07, 6.45) is 5.51. The molecule has 0 fully saturated rings. The van der Waals surface area contributed by atoms with Gasteiger partial charge in [-0.15, -0.1) is 0 Å². The van der Waals surface area contributed by atoms with Crippen LogP contribution in [-0.2, 0) is 0 Å². The van der Waals surface area contributed by atoms with E-state index in [9.17, 15) is 0 Å². The first-order chi connectivity index (χ1) is 5.43. The van der Waals surface area contributed by atoms with Gasteiger partial charge in [0.25, 0.3) is 0 Å². The molecule has 1 rings (SSSR count). The third kappa shape index (κ3) is 2.80. The Balaban J connectivity index is 2.64. The van der Waals surface area contributed by atoms with Crippen LogP contribution in [0.4, 0.5) is 0 Å². The highest BCUT2D eigenvalue weighted by atomic mass is 14.7. The first kappa shape index (κ1) is 7.73. The first-order valence-corrected chi connectivity index (χ1v) is 3.63. The predicted molar refractivity (Wildman–Crippen MR) is 48.9 cm³/mol. The SMILES string of the molecule is C/C=C/N=Cc1ccccc1. The molecule has 1 nitrogen and oxygen atoms in total. The zero-order valence-electron chi connectivity index (χ0n) is 6.57. The highest BCUT2D eigenvalue weighted by molar-refractivity contribution is 5.79. The van der Waals surface area contributed by atoms with Crippen molar-refractivity contribution in [3.63, 3.8) is 0 Å². The molecule has 56 valence electrons. The van der Waals surface area contributed by atoms with Crippen molar-refractivity contribution in [2.45, 2.75) is 6.92 Å². The van der Waals surface area contributed by atoms with Crippen molar-refractivity contribution in [1.29, 1.82) is 0 Å². The van der Waals surface area contributed by atoms with E-state index in [1.54, 1.807) is 6.20 Å². The number of hydrogen-bond donors (Lipinski definition) is 0. The summed E-state index contributed by atoms with van der Waals surface area (Å²) in [5.41, 5.74) is 1.13. The lowest BCUT2D eigenvalue weighted by molar-refractivity contribution is 1.53. The summed E-state index contributed by atoms with van der Waals surface area (Å²) < 4.78 is 0. The Hall–Kier alpha value is -1.37. The van der Waals surface area contributed by atoms with Crippen LogP contribution in [0, 0.1) is 0 Å². The largest absolute Gasteiger partial charge is 0.264 e. The monoisotopic (exact) mass is 145 g/mol. The molecule has 1 heteroatoms. The van der Waals surface area contributed by atoms with Crippen LogP contribution in [0.15, 0.2) is 47.6 Å². The minimum absolute atomic E-state index is 1.13. The summed E-state index contributed by atoms with van der Waals surface area (Å²) in [5, 5.41) is 0. The third-order valence-corrected chi connectivity index (χ3v) is 1.26. The van der Waals surface area contributed by atoms with Gasteiger partial charge in [0.1, 0.15) is 0 Å². The third-order valence-electron chi connectivity index (χ3n) is 1.26. The summed E-state index contributed by atoms with van der Waals surface area (Å²) in [5.74, 6) is 0. The Kier molecular flexibility index (Phi) is 3.13. The maximum Gasteiger partial charge on any atom is 0.0340 e. The Bertz CT molecular complexity index is 247. The van der Waals surface area contributed by atoms with Crippen molar-refractivity contribution in [1.82, 2.24) is 0 Å². The summed E-state index contributed by atoms with van der Waals surface area (Å²) >= 11 is 0. The van der Waals surface area contributed by atoms with Gasteiger partial charge < -0.3 is 0 Å². The molecule has 0 bridgehead atoms. The van der Waals surface area contributed by atoms with E-state index in [1.807, 2.05) is 49.5 Å². The average Bonchev–Trinajstić information content (AvgIpc) is 2.07. The fourth-order valence-corrected chi connectivity index (χ4v) is 0.754. The molecule has 0 aliphatic rings. The zero-order chi connectivity index (χ0) is 7.94. The second kappa shape index (κ2) is 4.45. The molecule has 1 aromatic rings. The lowest BCUT2D eigenvalue weighted by Crippen LogP contribution is -1.75. The van der Waals surface area contributed by atoms with Gasteiger partial charge in [0.05, 0.1) is 0 Å². The maximum atomic E-state index is 4.05. The summed E-state index contributed by atoms with van der Waals surface area (Å²) in [6.45, 7) is 1.95. The van der Waals surface area contributed by atoms with Gasteiger partial charge in [0.15, 0.2) is 0 Å². The molecule has 0 saturated carbocycles. The molecule has 1 aromatic carbocycles. The molecule has 0 N–H and O–H groups in total.